The Hall–Kier alpha value is -1.34. The molecule has 0 bridgehead atoms. The maximum atomic E-state index is 14.2. The molecular formula is C38H69NO14. The van der Waals surface area contributed by atoms with Crippen molar-refractivity contribution in [2.75, 3.05) is 34.9 Å². The number of hydrogen-bond acceptors (Lipinski definition) is 15. The Labute approximate surface area is 315 Å². The zero-order chi connectivity index (χ0) is 40.4. The molecule has 0 amide bonds. The molecule has 15 heteroatoms. The summed E-state index contributed by atoms with van der Waals surface area (Å²) < 4.78 is 43.6. The maximum absolute atomic E-state index is 14.2. The van der Waals surface area contributed by atoms with Gasteiger partial charge in [-0.05, 0) is 68.0 Å². The number of ether oxygens (including phenoxy) is 7. The van der Waals surface area contributed by atoms with E-state index in [2.05, 4.69) is 0 Å². The van der Waals surface area contributed by atoms with Crippen LogP contribution in [0.3, 0.4) is 0 Å². The largest absolute Gasteiger partial charge is 0.459 e. The Bertz CT molecular complexity index is 1210. The van der Waals surface area contributed by atoms with E-state index in [-0.39, 0.29) is 37.2 Å². The number of methoxy groups -OCH3 is 2. The smallest absolute Gasteiger partial charge is 0.314 e. The molecule has 0 aromatic rings. The number of ketones is 1. The molecule has 0 aromatic heterocycles. The number of Topliss-reactive ketones (excluding diaryl/α,β-unsaturated/α-hetero) is 1. The van der Waals surface area contributed by atoms with Gasteiger partial charge in [0.2, 0.25) is 0 Å². The van der Waals surface area contributed by atoms with Gasteiger partial charge in [0.1, 0.15) is 35.6 Å². The molecule has 0 spiro atoms. The summed E-state index contributed by atoms with van der Waals surface area (Å²) in [6, 6.07) is -0.324. The van der Waals surface area contributed by atoms with Crippen LogP contribution in [0.2, 0.25) is 0 Å². The van der Waals surface area contributed by atoms with Crippen LogP contribution in [0.15, 0.2) is 0 Å². The number of esters is 1. The van der Waals surface area contributed by atoms with Crippen molar-refractivity contribution in [1.82, 2.24) is 4.90 Å². The van der Waals surface area contributed by atoms with Gasteiger partial charge in [0.05, 0.1) is 48.3 Å². The van der Waals surface area contributed by atoms with E-state index in [1.165, 1.54) is 28.1 Å². The topological polar surface area (TPSA) is 203 Å². The number of aliphatic hydroxyl groups is 5. The van der Waals surface area contributed by atoms with E-state index in [1.807, 2.05) is 25.9 Å². The van der Waals surface area contributed by atoms with Crippen LogP contribution in [0.5, 0.6) is 0 Å². The third-order valence-electron chi connectivity index (χ3n) is 12.3. The Morgan fingerprint density at radius 2 is 1.49 bits per heavy atom. The number of carbonyl (C=O) groups excluding carboxylic acids is 2. The number of likely N-dealkylation sites (N-methyl/N-ethyl adjacent to an activating group) is 1. The van der Waals surface area contributed by atoms with Crippen LogP contribution in [0.1, 0.15) is 88.0 Å². The molecule has 5 N–H and O–H groups in total. The Morgan fingerprint density at radius 3 is 2.02 bits per heavy atom. The van der Waals surface area contributed by atoms with Crippen molar-refractivity contribution in [3.8, 4) is 0 Å². The van der Waals surface area contributed by atoms with Gasteiger partial charge in [-0.25, -0.2) is 0 Å². The normalized spacial score (nSPS) is 48.3. The van der Waals surface area contributed by atoms with E-state index in [0.717, 1.165) is 0 Å². The molecule has 0 aliphatic carbocycles. The first kappa shape index (κ1) is 46.0. The zero-order valence-corrected chi connectivity index (χ0v) is 34.1. The van der Waals surface area contributed by atoms with Crippen molar-refractivity contribution >= 4 is 11.8 Å². The standard InChI is InChI=1S/C38H69NO14/c1-14-26-38(9,46)31(43)21(4)28(41)19(2)16-37(8,48-13)33(53-35-29(42)25(39(10)11)15-20(3)49-35)22(5)30(24(18-40)34(45)51-26)52-27-17-36(7,47-12)32(44)23(6)50-27/h19-27,29-33,35,40,42-44,46H,14-18H2,1-13H3/t19-,20?,21+,22+,23?,24-,25?,26-,27?,29?,30+,31-,32?,33-,35?,36?,37-,38-/m1/s1. The van der Waals surface area contributed by atoms with Gasteiger partial charge in [-0.1, -0.05) is 27.7 Å². The van der Waals surface area contributed by atoms with Crippen molar-refractivity contribution in [2.45, 2.75) is 172 Å². The number of carbonyl (C=O) groups is 2. The summed E-state index contributed by atoms with van der Waals surface area (Å²) in [6.07, 6.45) is -9.87. The van der Waals surface area contributed by atoms with Crippen molar-refractivity contribution in [1.29, 1.82) is 0 Å². The second-order valence-corrected chi connectivity index (χ2v) is 16.6. The molecule has 310 valence electrons. The minimum Gasteiger partial charge on any atom is -0.459 e. The third kappa shape index (κ3) is 9.80. The van der Waals surface area contributed by atoms with Crippen molar-refractivity contribution < 1.29 is 68.3 Å². The molecule has 3 rings (SSSR count). The molecule has 8 unspecified atom stereocenters. The van der Waals surface area contributed by atoms with Gasteiger partial charge in [-0.3, -0.25) is 9.59 Å². The average Bonchev–Trinajstić information content (AvgIpc) is 3.10. The molecule has 0 saturated carbocycles. The van der Waals surface area contributed by atoms with Crippen LogP contribution >= 0.6 is 0 Å². The summed E-state index contributed by atoms with van der Waals surface area (Å²) in [7, 11) is 6.64. The lowest BCUT2D eigenvalue weighted by Crippen LogP contribution is -2.62. The predicted molar refractivity (Wildman–Crippen MR) is 192 cm³/mol. The average molecular weight is 764 g/mol. The van der Waals surface area contributed by atoms with Crippen LogP contribution in [0.25, 0.3) is 0 Å². The van der Waals surface area contributed by atoms with Crippen molar-refractivity contribution in [2.24, 2.45) is 23.7 Å². The van der Waals surface area contributed by atoms with Gasteiger partial charge in [-0.15, -0.1) is 0 Å². The molecule has 0 aromatic carbocycles. The summed E-state index contributed by atoms with van der Waals surface area (Å²) in [5.74, 6) is -5.37. The summed E-state index contributed by atoms with van der Waals surface area (Å²) in [5.41, 5.74) is -4.47. The van der Waals surface area contributed by atoms with Crippen molar-refractivity contribution in [3.05, 3.63) is 0 Å². The Kier molecular flexibility index (Phi) is 15.9. The van der Waals surface area contributed by atoms with Gasteiger partial charge < -0.3 is 63.6 Å². The fraction of sp³-hybridized carbons (Fsp3) is 0.947. The first-order valence-corrected chi connectivity index (χ1v) is 19.0. The zero-order valence-electron chi connectivity index (χ0n) is 34.1. The first-order chi connectivity index (χ1) is 24.5. The number of cyclic esters (lactones) is 1. The number of aliphatic hydroxyl groups excluding tert-OH is 4. The van der Waals surface area contributed by atoms with Crippen LogP contribution in [0, 0.1) is 23.7 Å². The molecule has 0 radical (unpaired) electrons. The van der Waals surface area contributed by atoms with E-state index >= 15 is 0 Å². The van der Waals surface area contributed by atoms with E-state index < -0.39 is 108 Å². The summed E-state index contributed by atoms with van der Waals surface area (Å²) in [6.45, 7) is 14.2. The summed E-state index contributed by atoms with van der Waals surface area (Å²) in [5, 5.41) is 56.6. The Morgan fingerprint density at radius 1 is 0.887 bits per heavy atom. The molecule has 3 saturated heterocycles. The molecule has 3 aliphatic rings. The quantitative estimate of drug-likeness (QED) is 0.211. The maximum Gasteiger partial charge on any atom is 0.314 e. The predicted octanol–water partition coefficient (Wildman–Crippen LogP) is 1.41. The molecule has 18 atom stereocenters. The van der Waals surface area contributed by atoms with Gasteiger partial charge in [0, 0.05) is 44.4 Å². The van der Waals surface area contributed by atoms with Crippen LogP contribution < -0.4 is 0 Å². The van der Waals surface area contributed by atoms with E-state index in [0.29, 0.717) is 6.42 Å². The molecule has 15 nitrogen and oxygen atoms in total. The van der Waals surface area contributed by atoms with E-state index in [9.17, 15) is 35.1 Å². The molecule has 3 heterocycles. The van der Waals surface area contributed by atoms with Crippen LogP contribution in [0.4, 0.5) is 0 Å². The third-order valence-corrected chi connectivity index (χ3v) is 12.3. The molecule has 3 aliphatic heterocycles. The molecular weight excluding hydrogens is 694 g/mol. The van der Waals surface area contributed by atoms with Crippen molar-refractivity contribution in [3.63, 3.8) is 0 Å². The molecule has 53 heavy (non-hydrogen) atoms. The van der Waals surface area contributed by atoms with E-state index in [4.69, 9.17) is 33.2 Å². The first-order valence-electron chi connectivity index (χ1n) is 19.0. The number of nitrogens with zero attached hydrogens (tertiary/aromatic N) is 1. The second kappa shape index (κ2) is 18.3. The highest BCUT2D eigenvalue weighted by Gasteiger charge is 2.54. The minimum atomic E-state index is -2.05. The van der Waals surface area contributed by atoms with Gasteiger partial charge >= 0.3 is 5.97 Å². The summed E-state index contributed by atoms with van der Waals surface area (Å²) >= 11 is 0. The van der Waals surface area contributed by atoms with Gasteiger partial charge in [0.15, 0.2) is 12.6 Å². The second-order valence-electron chi connectivity index (χ2n) is 16.6. The van der Waals surface area contributed by atoms with Crippen LogP contribution in [-0.2, 0) is 42.7 Å². The lowest BCUT2D eigenvalue weighted by atomic mass is 9.73. The van der Waals surface area contributed by atoms with Gasteiger partial charge in [0.25, 0.3) is 0 Å². The van der Waals surface area contributed by atoms with Gasteiger partial charge in [-0.2, -0.15) is 0 Å². The highest BCUT2D eigenvalue weighted by molar-refractivity contribution is 5.83. The fourth-order valence-corrected chi connectivity index (χ4v) is 8.63. The fourth-order valence-electron chi connectivity index (χ4n) is 8.63. The lowest BCUT2D eigenvalue weighted by Gasteiger charge is -2.50. The lowest BCUT2D eigenvalue weighted by molar-refractivity contribution is -0.320. The number of hydrogen-bond donors (Lipinski definition) is 5. The highest BCUT2D eigenvalue weighted by atomic mass is 16.7. The van der Waals surface area contributed by atoms with Crippen LogP contribution in [-0.4, -0.2) is 161 Å². The number of rotatable bonds is 9. The monoisotopic (exact) mass is 763 g/mol. The summed E-state index contributed by atoms with van der Waals surface area (Å²) in [4.78, 5) is 30.1. The minimum absolute atomic E-state index is 0.0485. The SMILES string of the molecule is CC[C@H]1OC(=O)[C@H](CO)[C@@H](OC2CC(C)(OC)C(O)C(C)O2)[C@H](C)[C@@H](OC2OC(C)CC(N(C)C)C2O)[C@](C)(OC)C[C@@H](C)C(=O)[C@H](C)[C@@H](O)[C@]1(C)O. The molecule has 3 fully saturated rings. The Balaban J connectivity index is 2.26. The van der Waals surface area contributed by atoms with E-state index in [1.54, 1.807) is 41.5 Å². The highest BCUT2D eigenvalue weighted by Crippen LogP contribution is 2.42.